The highest BCUT2D eigenvalue weighted by Crippen LogP contribution is 2.34. The Kier molecular flexibility index (Phi) is 1.46. The lowest BCUT2D eigenvalue weighted by atomic mass is 10.1. The molecule has 0 aliphatic heterocycles. The van der Waals surface area contributed by atoms with Gasteiger partial charge in [0.25, 0.3) is 0 Å². The average molecular weight is 150 g/mol. The molecule has 0 nitrogen and oxygen atoms in total. The van der Waals surface area contributed by atoms with Crippen LogP contribution in [-0.2, 0) is 6.42 Å². The third-order valence-corrected chi connectivity index (χ3v) is 2.64. The number of benzene rings is 1. The van der Waals surface area contributed by atoms with Gasteiger partial charge in [0.05, 0.1) is 0 Å². The molecule has 0 spiro atoms. The molecule has 1 aliphatic rings. The van der Waals surface area contributed by atoms with Crippen LogP contribution in [0.4, 0.5) is 0 Å². The lowest BCUT2D eigenvalue weighted by Crippen LogP contribution is -1.80. The Morgan fingerprint density at radius 1 is 1.30 bits per heavy atom. The van der Waals surface area contributed by atoms with Gasteiger partial charge in [-0.3, -0.25) is 0 Å². The fourth-order valence-electron chi connectivity index (χ4n) is 1.53. The van der Waals surface area contributed by atoms with Crippen LogP contribution in [0.25, 0.3) is 0 Å². The second-order valence-corrected chi connectivity index (χ2v) is 3.38. The quantitative estimate of drug-likeness (QED) is 0.540. The maximum absolute atomic E-state index is 4.47. The lowest BCUT2D eigenvalue weighted by molar-refractivity contribution is 0.897. The summed E-state index contributed by atoms with van der Waals surface area (Å²) in [6, 6.07) is 8.57. The molecule has 1 unspecified atom stereocenters. The van der Waals surface area contributed by atoms with E-state index in [1.165, 1.54) is 24.0 Å². The van der Waals surface area contributed by atoms with Crippen molar-refractivity contribution in [1.82, 2.24) is 0 Å². The second-order valence-electron chi connectivity index (χ2n) is 2.75. The van der Waals surface area contributed by atoms with Gasteiger partial charge in [-0.15, -0.1) is 0 Å². The number of aryl methyl sites for hydroxylation is 1. The van der Waals surface area contributed by atoms with E-state index in [1.807, 2.05) is 0 Å². The summed E-state index contributed by atoms with van der Waals surface area (Å²) in [5.41, 5.74) is 2.92. The molecule has 0 heterocycles. The molecule has 1 aliphatic carbocycles. The van der Waals surface area contributed by atoms with E-state index < -0.39 is 0 Å². The Morgan fingerprint density at radius 3 is 2.90 bits per heavy atom. The van der Waals surface area contributed by atoms with E-state index >= 15 is 0 Å². The average Bonchev–Trinajstić information content (AvgIpc) is 2.34. The van der Waals surface area contributed by atoms with Gasteiger partial charge in [0.1, 0.15) is 0 Å². The molecular formula is C9H10S. The highest BCUT2D eigenvalue weighted by molar-refractivity contribution is 7.80. The molecule has 1 aromatic carbocycles. The summed E-state index contributed by atoms with van der Waals surface area (Å²) in [6.45, 7) is 0. The van der Waals surface area contributed by atoms with Crippen LogP contribution in [-0.4, -0.2) is 0 Å². The van der Waals surface area contributed by atoms with Crippen molar-refractivity contribution in [2.24, 2.45) is 0 Å². The van der Waals surface area contributed by atoms with Gasteiger partial charge in [0.15, 0.2) is 0 Å². The molecule has 1 atom stereocenters. The molecule has 0 radical (unpaired) electrons. The van der Waals surface area contributed by atoms with Crippen LogP contribution >= 0.6 is 12.6 Å². The van der Waals surface area contributed by atoms with E-state index in [9.17, 15) is 0 Å². The van der Waals surface area contributed by atoms with Gasteiger partial charge >= 0.3 is 0 Å². The number of rotatable bonds is 0. The van der Waals surface area contributed by atoms with Gasteiger partial charge in [0, 0.05) is 5.25 Å². The first-order valence-electron chi connectivity index (χ1n) is 3.64. The Balaban J connectivity index is 2.51. The van der Waals surface area contributed by atoms with E-state index in [0.29, 0.717) is 5.25 Å². The summed E-state index contributed by atoms with van der Waals surface area (Å²) in [5, 5.41) is 0.496. The standard InChI is InChI=1S/C9H10S/c10-9-6-5-7-3-1-2-4-8(7)9/h1-4,9-10H,5-6H2. The SMILES string of the molecule is SC1CCc2ccccc21. The Hall–Kier alpha value is -0.430. The molecule has 0 bridgehead atoms. The van der Waals surface area contributed by atoms with Crippen molar-refractivity contribution in [2.75, 3.05) is 0 Å². The fourth-order valence-corrected chi connectivity index (χ4v) is 1.92. The van der Waals surface area contributed by atoms with Gasteiger partial charge in [-0.2, -0.15) is 12.6 Å². The molecule has 0 aromatic heterocycles. The van der Waals surface area contributed by atoms with Crippen molar-refractivity contribution >= 4 is 12.6 Å². The third-order valence-electron chi connectivity index (χ3n) is 2.10. The van der Waals surface area contributed by atoms with Crippen molar-refractivity contribution in [3.63, 3.8) is 0 Å². The van der Waals surface area contributed by atoms with Crippen LogP contribution in [0.15, 0.2) is 24.3 Å². The highest BCUT2D eigenvalue weighted by atomic mass is 32.1. The van der Waals surface area contributed by atoms with Crippen molar-refractivity contribution in [3.8, 4) is 0 Å². The van der Waals surface area contributed by atoms with E-state index in [1.54, 1.807) is 0 Å². The van der Waals surface area contributed by atoms with Crippen molar-refractivity contribution in [2.45, 2.75) is 18.1 Å². The molecule has 0 saturated heterocycles. The van der Waals surface area contributed by atoms with Crippen LogP contribution < -0.4 is 0 Å². The minimum absolute atomic E-state index is 0.496. The zero-order valence-electron chi connectivity index (χ0n) is 5.75. The molecule has 52 valence electrons. The van der Waals surface area contributed by atoms with Crippen molar-refractivity contribution in [1.29, 1.82) is 0 Å². The lowest BCUT2D eigenvalue weighted by Gasteiger charge is -2.00. The Bertz CT molecular complexity index is 242. The van der Waals surface area contributed by atoms with Crippen molar-refractivity contribution in [3.05, 3.63) is 35.4 Å². The second kappa shape index (κ2) is 2.31. The first-order valence-corrected chi connectivity index (χ1v) is 4.15. The largest absolute Gasteiger partial charge is 0.171 e. The van der Waals surface area contributed by atoms with Gasteiger partial charge in [0.2, 0.25) is 0 Å². The van der Waals surface area contributed by atoms with Gasteiger partial charge in [-0.25, -0.2) is 0 Å². The molecular weight excluding hydrogens is 140 g/mol. The topological polar surface area (TPSA) is 0 Å². The smallest absolute Gasteiger partial charge is 0.0273 e. The van der Waals surface area contributed by atoms with Gasteiger partial charge < -0.3 is 0 Å². The Morgan fingerprint density at radius 2 is 2.10 bits per heavy atom. The summed E-state index contributed by atoms with van der Waals surface area (Å²) in [7, 11) is 0. The summed E-state index contributed by atoms with van der Waals surface area (Å²) >= 11 is 4.47. The third kappa shape index (κ3) is 0.853. The molecule has 2 rings (SSSR count). The first-order chi connectivity index (χ1) is 4.88. The van der Waals surface area contributed by atoms with Crippen LogP contribution in [0, 0.1) is 0 Å². The Labute approximate surface area is 66.7 Å². The summed E-state index contributed by atoms with van der Waals surface area (Å²) in [6.07, 6.45) is 2.42. The zero-order chi connectivity index (χ0) is 6.97. The molecule has 0 amide bonds. The van der Waals surface area contributed by atoms with Crippen LogP contribution in [0.5, 0.6) is 0 Å². The number of hydrogen-bond acceptors (Lipinski definition) is 1. The van der Waals surface area contributed by atoms with Gasteiger partial charge in [-0.05, 0) is 24.0 Å². The number of fused-ring (bicyclic) bond motifs is 1. The van der Waals surface area contributed by atoms with Crippen LogP contribution in [0.2, 0.25) is 0 Å². The van der Waals surface area contributed by atoms with E-state index in [-0.39, 0.29) is 0 Å². The minimum Gasteiger partial charge on any atom is -0.171 e. The minimum atomic E-state index is 0.496. The van der Waals surface area contributed by atoms with Crippen LogP contribution in [0.3, 0.4) is 0 Å². The van der Waals surface area contributed by atoms with Gasteiger partial charge in [-0.1, -0.05) is 24.3 Å². The predicted octanol–water partition coefficient (Wildman–Crippen LogP) is 2.60. The first kappa shape index (κ1) is 6.29. The predicted molar refractivity (Wildman–Crippen MR) is 46.5 cm³/mol. The van der Waals surface area contributed by atoms with E-state index in [4.69, 9.17) is 0 Å². The molecule has 0 saturated carbocycles. The van der Waals surface area contributed by atoms with Crippen LogP contribution in [0.1, 0.15) is 22.8 Å². The number of thiol groups is 1. The molecule has 0 fully saturated rings. The molecule has 1 aromatic rings. The monoisotopic (exact) mass is 150 g/mol. The summed E-state index contributed by atoms with van der Waals surface area (Å²) in [4.78, 5) is 0. The molecule has 1 heteroatoms. The maximum Gasteiger partial charge on any atom is 0.0273 e. The molecule has 0 N–H and O–H groups in total. The molecule has 10 heavy (non-hydrogen) atoms. The normalized spacial score (nSPS) is 22.7. The number of hydrogen-bond donors (Lipinski definition) is 1. The summed E-state index contributed by atoms with van der Waals surface area (Å²) in [5.74, 6) is 0. The highest BCUT2D eigenvalue weighted by Gasteiger charge is 2.17. The maximum atomic E-state index is 4.47. The summed E-state index contributed by atoms with van der Waals surface area (Å²) < 4.78 is 0. The van der Waals surface area contributed by atoms with Crippen molar-refractivity contribution < 1.29 is 0 Å². The zero-order valence-corrected chi connectivity index (χ0v) is 6.64. The van der Waals surface area contributed by atoms with E-state index in [0.717, 1.165) is 0 Å². The fraction of sp³-hybridized carbons (Fsp3) is 0.333. The van der Waals surface area contributed by atoms with E-state index in [2.05, 4.69) is 36.9 Å².